The number of hydrogen-bond donors (Lipinski definition) is 1. The van der Waals surface area contributed by atoms with Crippen LogP contribution in [0.4, 0.5) is 0 Å². The summed E-state index contributed by atoms with van der Waals surface area (Å²) in [5.74, 6) is -0.0310. The fourth-order valence-corrected chi connectivity index (χ4v) is 8.02. The van der Waals surface area contributed by atoms with Gasteiger partial charge in [-0.15, -0.1) is 0 Å². The van der Waals surface area contributed by atoms with Crippen molar-refractivity contribution < 1.29 is 67.7 Å². The van der Waals surface area contributed by atoms with E-state index < -0.39 is 33.4 Å². The molecule has 2 heterocycles. The molecule has 14 heteroatoms. The summed E-state index contributed by atoms with van der Waals surface area (Å²) in [6, 6.07) is 7.66. The van der Waals surface area contributed by atoms with E-state index in [0.29, 0.717) is 39.4 Å². The first-order chi connectivity index (χ1) is 18.9. The van der Waals surface area contributed by atoms with Crippen LogP contribution in [-0.2, 0) is 31.4 Å². The van der Waals surface area contributed by atoms with Crippen molar-refractivity contribution in [2.45, 2.75) is 43.5 Å². The van der Waals surface area contributed by atoms with E-state index in [1.165, 1.54) is 32.4 Å². The minimum Gasteiger partial charge on any atom is -1.00 e. The van der Waals surface area contributed by atoms with Gasteiger partial charge >= 0.3 is 35.5 Å². The molecule has 0 fully saturated rings. The molecule has 0 bridgehead atoms. The van der Waals surface area contributed by atoms with Crippen LogP contribution < -0.4 is 43.8 Å². The van der Waals surface area contributed by atoms with Crippen molar-refractivity contribution in [2.24, 2.45) is 0 Å². The Kier molecular flexibility index (Phi) is 10.2. The van der Waals surface area contributed by atoms with E-state index in [0.717, 1.165) is 9.54 Å². The number of methoxy groups -OCH3 is 2. The van der Waals surface area contributed by atoms with Gasteiger partial charge < -0.3 is 20.7 Å². The SMILES string of the molecule is COc1ccc2nc(S(=O)Cc3ncc(C)c(OC)c3C)n(S(=O)(=O)c3c(C)cc(OCC(=O)O)cc3C)c2c1.[H-].[Na+]. The van der Waals surface area contributed by atoms with Crippen LogP contribution in [0.25, 0.3) is 11.0 Å². The van der Waals surface area contributed by atoms with Crippen LogP contribution in [0.2, 0.25) is 0 Å². The van der Waals surface area contributed by atoms with Gasteiger partial charge in [-0.1, -0.05) is 0 Å². The summed E-state index contributed by atoms with van der Waals surface area (Å²) < 4.78 is 59.4. The summed E-state index contributed by atoms with van der Waals surface area (Å²) in [6.45, 7) is 6.24. The molecule has 0 saturated heterocycles. The summed E-state index contributed by atoms with van der Waals surface area (Å²) >= 11 is 0. The normalized spacial score (nSPS) is 12.0. The van der Waals surface area contributed by atoms with Gasteiger partial charge in [0.1, 0.15) is 17.2 Å². The number of aromatic nitrogens is 3. The van der Waals surface area contributed by atoms with Gasteiger partial charge in [0.05, 0.1) is 52.4 Å². The Balaban J connectivity index is 0.00000308. The zero-order chi connectivity index (χ0) is 29.4. The molecule has 0 aliphatic carbocycles. The van der Waals surface area contributed by atoms with Gasteiger partial charge in [0.15, 0.2) is 6.61 Å². The van der Waals surface area contributed by atoms with Crippen LogP contribution in [0.15, 0.2) is 46.6 Å². The molecule has 41 heavy (non-hydrogen) atoms. The Labute approximate surface area is 264 Å². The molecule has 0 amide bonds. The third kappa shape index (κ3) is 6.44. The first-order valence-corrected chi connectivity index (χ1v) is 14.8. The minimum atomic E-state index is -4.37. The topological polar surface area (TPSA) is 147 Å². The molecule has 2 aromatic carbocycles. The quantitative estimate of drug-likeness (QED) is 0.256. The second-order valence-electron chi connectivity index (χ2n) is 9.12. The third-order valence-electron chi connectivity index (χ3n) is 6.31. The fraction of sp³-hybridized carbons (Fsp3) is 0.296. The van der Waals surface area contributed by atoms with Crippen molar-refractivity contribution in [3.05, 3.63) is 64.5 Å². The molecule has 0 radical (unpaired) electrons. The van der Waals surface area contributed by atoms with E-state index in [-0.39, 0.29) is 58.1 Å². The predicted molar refractivity (Wildman–Crippen MR) is 149 cm³/mol. The summed E-state index contributed by atoms with van der Waals surface area (Å²) in [6.07, 6.45) is 1.61. The smallest absolute Gasteiger partial charge is 1.00 e. The van der Waals surface area contributed by atoms with Gasteiger partial charge in [-0.2, -0.15) is 0 Å². The summed E-state index contributed by atoms with van der Waals surface area (Å²) in [5.41, 5.74) is 3.16. The first-order valence-electron chi connectivity index (χ1n) is 12.0. The van der Waals surface area contributed by atoms with Crippen molar-refractivity contribution in [1.82, 2.24) is 13.9 Å². The van der Waals surface area contributed by atoms with Gasteiger partial charge in [-0.25, -0.2) is 22.2 Å². The van der Waals surface area contributed by atoms with E-state index in [9.17, 15) is 17.4 Å². The predicted octanol–water partition coefficient (Wildman–Crippen LogP) is 0.807. The number of carboxylic acids is 1. The summed E-state index contributed by atoms with van der Waals surface area (Å²) in [4.78, 5) is 19.8. The standard InChI is InChI=1S/C27H29N3O8S2.Na.H/c1-15-9-20(38-13-24(31)32)10-16(2)26(15)40(34,35)30-23-11-19(36-5)7-8-21(23)29-27(30)39(33)14-22-18(4)25(37-6)17(3)12-28-22;;/h7-12H,13-14H2,1-6H3,(H,31,32);;/q;+1;-1. The van der Waals surface area contributed by atoms with Gasteiger partial charge in [-0.05, 0) is 63.1 Å². The van der Waals surface area contributed by atoms with Crippen LogP contribution in [0, 0.1) is 27.7 Å². The number of carbonyl (C=O) groups is 1. The van der Waals surface area contributed by atoms with E-state index >= 15 is 0 Å². The molecule has 0 aliphatic heterocycles. The zero-order valence-corrected chi connectivity index (χ0v) is 27.5. The molecule has 1 unspecified atom stereocenters. The average molecular weight is 612 g/mol. The molecule has 0 saturated carbocycles. The van der Waals surface area contributed by atoms with Gasteiger partial charge in [-0.3, -0.25) is 9.19 Å². The van der Waals surface area contributed by atoms with Crippen molar-refractivity contribution in [3.8, 4) is 17.2 Å². The van der Waals surface area contributed by atoms with Crippen LogP contribution in [0.3, 0.4) is 0 Å². The Morgan fingerprint density at radius 1 is 1.02 bits per heavy atom. The largest absolute Gasteiger partial charge is 1.00 e. The number of ether oxygens (including phenoxy) is 3. The molecule has 4 rings (SSSR count). The van der Waals surface area contributed by atoms with E-state index in [1.807, 2.05) is 6.92 Å². The molecule has 1 atom stereocenters. The van der Waals surface area contributed by atoms with Crippen molar-refractivity contribution >= 4 is 37.8 Å². The van der Waals surface area contributed by atoms with Crippen molar-refractivity contribution in [1.29, 1.82) is 0 Å². The zero-order valence-electron chi connectivity index (χ0n) is 24.8. The molecular weight excluding hydrogens is 581 g/mol. The molecule has 11 nitrogen and oxygen atoms in total. The average Bonchev–Trinajstić information content (AvgIpc) is 3.28. The van der Waals surface area contributed by atoms with Crippen molar-refractivity contribution in [2.75, 3.05) is 20.8 Å². The maximum atomic E-state index is 14.3. The van der Waals surface area contributed by atoms with Crippen LogP contribution >= 0.6 is 0 Å². The number of imidazole rings is 1. The number of benzene rings is 2. The number of aryl methyl sites for hydroxylation is 3. The first kappa shape index (κ1) is 32.5. The number of fused-ring (bicyclic) bond motifs is 1. The second kappa shape index (κ2) is 12.9. The van der Waals surface area contributed by atoms with Gasteiger partial charge in [0, 0.05) is 23.4 Å². The summed E-state index contributed by atoms with van der Waals surface area (Å²) in [7, 11) is -3.31. The van der Waals surface area contributed by atoms with Crippen LogP contribution in [-0.4, -0.2) is 58.5 Å². The molecule has 4 aromatic rings. The number of hydrogen-bond acceptors (Lipinski definition) is 9. The van der Waals surface area contributed by atoms with Crippen molar-refractivity contribution in [3.63, 3.8) is 0 Å². The number of aliphatic carboxylic acids is 1. The third-order valence-corrected chi connectivity index (χ3v) is 9.65. The minimum absolute atomic E-state index is 0. The number of carboxylic acid groups (broad SMARTS) is 1. The van der Waals surface area contributed by atoms with E-state index in [4.69, 9.17) is 19.3 Å². The van der Waals surface area contributed by atoms with Crippen LogP contribution in [0.5, 0.6) is 17.2 Å². The maximum Gasteiger partial charge on any atom is 1.00 e. The monoisotopic (exact) mass is 611 g/mol. The van der Waals surface area contributed by atoms with Crippen LogP contribution in [0.1, 0.15) is 29.4 Å². The van der Waals surface area contributed by atoms with Gasteiger partial charge in [0.2, 0.25) is 5.16 Å². The fourth-order valence-electron chi connectivity index (χ4n) is 4.56. The van der Waals surface area contributed by atoms with E-state index in [1.54, 1.807) is 39.1 Å². The number of nitrogens with zero attached hydrogens (tertiary/aromatic N) is 3. The molecule has 0 aliphatic rings. The number of pyridine rings is 1. The maximum absolute atomic E-state index is 14.3. The molecule has 2 aromatic heterocycles. The Bertz CT molecular complexity index is 1750. The summed E-state index contributed by atoms with van der Waals surface area (Å²) in [5, 5.41) is 8.76. The molecule has 1 N–H and O–H groups in total. The molecule has 0 spiro atoms. The number of rotatable bonds is 10. The molecular formula is C27H30N3NaO8S2. The van der Waals surface area contributed by atoms with Gasteiger partial charge in [0.25, 0.3) is 10.0 Å². The van der Waals surface area contributed by atoms with E-state index in [2.05, 4.69) is 9.97 Å². The molecule has 214 valence electrons. The Morgan fingerprint density at radius 2 is 1.68 bits per heavy atom. The second-order valence-corrected chi connectivity index (χ2v) is 12.2. The Hall–Kier alpha value is -2.97. The Morgan fingerprint density at radius 3 is 2.27 bits per heavy atom.